The zero-order chi connectivity index (χ0) is 34.4. The van der Waals surface area contributed by atoms with E-state index in [0.29, 0.717) is 5.82 Å². The summed E-state index contributed by atoms with van der Waals surface area (Å²) >= 11 is 1.88. The van der Waals surface area contributed by atoms with E-state index < -0.39 is 0 Å². The zero-order valence-corrected chi connectivity index (χ0v) is 29.1. The molecule has 8 aromatic carbocycles. The van der Waals surface area contributed by atoms with Crippen molar-refractivity contribution in [1.82, 2.24) is 14.5 Å². The van der Waals surface area contributed by atoms with Crippen molar-refractivity contribution in [3.05, 3.63) is 157 Å². The summed E-state index contributed by atoms with van der Waals surface area (Å²) in [5, 5.41) is 14.9. The second kappa shape index (κ2) is 10.1. The van der Waals surface area contributed by atoms with Crippen molar-refractivity contribution in [2.75, 3.05) is 0 Å². The van der Waals surface area contributed by atoms with Crippen molar-refractivity contribution in [1.29, 1.82) is 0 Å². The topological polar surface area (TPSA) is 39.9 Å². The highest BCUT2D eigenvalue weighted by molar-refractivity contribution is 7.27. The van der Waals surface area contributed by atoms with E-state index in [0.717, 1.165) is 39.2 Å². The molecule has 53 heavy (non-hydrogen) atoms. The maximum Gasteiger partial charge on any atom is 0.185 e. The summed E-state index contributed by atoms with van der Waals surface area (Å²) in [6.45, 7) is 0. The lowest BCUT2D eigenvalue weighted by Crippen LogP contribution is -2.16. The molecule has 2 unspecified atom stereocenters. The number of ether oxygens (including phenoxy) is 1. The van der Waals surface area contributed by atoms with Crippen LogP contribution in [0.3, 0.4) is 0 Å². The molecule has 1 aliphatic carbocycles. The van der Waals surface area contributed by atoms with Crippen LogP contribution in [0.2, 0.25) is 0 Å². The SMILES string of the molecule is C1=CC2Oc3c(nc(-c4ccc5ccc6cccc7ccc4c5c67)nc3-n3c4ccccc4c4c5c6ccccc6sc5c5ccccc5c43)C2C=C1. The predicted molar refractivity (Wildman–Crippen MR) is 221 cm³/mol. The lowest BCUT2D eigenvalue weighted by Gasteiger charge is -2.16. The Kier molecular flexibility index (Phi) is 5.33. The Morgan fingerprint density at radius 1 is 0.547 bits per heavy atom. The number of hydrogen-bond donors (Lipinski definition) is 0. The summed E-state index contributed by atoms with van der Waals surface area (Å²) in [5.74, 6) is 2.23. The fraction of sp³-hybridized carbons (Fsp3) is 0.0417. The van der Waals surface area contributed by atoms with Gasteiger partial charge in [0, 0.05) is 47.3 Å². The van der Waals surface area contributed by atoms with E-state index in [2.05, 4.69) is 156 Å². The number of rotatable bonds is 2. The summed E-state index contributed by atoms with van der Waals surface area (Å²) in [6.07, 6.45) is 8.42. The molecule has 0 bridgehead atoms. The Morgan fingerprint density at radius 3 is 2.15 bits per heavy atom. The van der Waals surface area contributed by atoms with Gasteiger partial charge in [0.2, 0.25) is 0 Å². The highest BCUT2D eigenvalue weighted by atomic mass is 32.1. The van der Waals surface area contributed by atoms with Crippen molar-refractivity contribution >= 4 is 96.4 Å². The minimum absolute atomic E-state index is 0.00681. The molecular weight excluding hydrogens is 667 g/mol. The fourth-order valence-corrected chi connectivity index (χ4v) is 10.7. The second-order valence-corrected chi connectivity index (χ2v) is 15.4. The molecule has 2 atom stereocenters. The predicted octanol–water partition coefficient (Wildman–Crippen LogP) is 12.6. The van der Waals surface area contributed by atoms with Crippen LogP contribution >= 0.6 is 11.3 Å². The molecule has 13 rings (SSSR count). The van der Waals surface area contributed by atoms with Crippen LogP contribution < -0.4 is 4.74 Å². The molecule has 3 aromatic heterocycles. The van der Waals surface area contributed by atoms with Gasteiger partial charge in [-0.3, -0.25) is 4.57 Å². The number of para-hydroxylation sites is 1. The summed E-state index contributed by atoms with van der Waals surface area (Å²) < 4.78 is 11.9. The van der Waals surface area contributed by atoms with Crippen LogP contribution in [0.5, 0.6) is 5.75 Å². The first-order valence-electron chi connectivity index (χ1n) is 18.2. The second-order valence-electron chi connectivity index (χ2n) is 14.4. The van der Waals surface area contributed by atoms with Crippen LogP contribution in [0.25, 0.3) is 102 Å². The summed E-state index contributed by atoms with van der Waals surface area (Å²) in [4.78, 5) is 11.0. The first-order chi connectivity index (χ1) is 26.3. The van der Waals surface area contributed by atoms with Gasteiger partial charge in [-0.15, -0.1) is 11.3 Å². The highest BCUT2D eigenvalue weighted by Gasteiger charge is 2.38. The van der Waals surface area contributed by atoms with E-state index in [4.69, 9.17) is 14.7 Å². The van der Waals surface area contributed by atoms with Crippen LogP contribution in [-0.2, 0) is 0 Å². The van der Waals surface area contributed by atoms with Crippen LogP contribution in [0.1, 0.15) is 11.6 Å². The molecule has 1 aliphatic heterocycles. The van der Waals surface area contributed by atoms with Crippen LogP contribution in [0.15, 0.2) is 152 Å². The minimum atomic E-state index is -0.142. The Hall–Kier alpha value is -6.56. The molecule has 4 nitrogen and oxygen atoms in total. The van der Waals surface area contributed by atoms with E-state index >= 15 is 0 Å². The van der Waals surface area contributed by atoms with Crippen LogP contribution in [0, 0.1) is 0 Å². The standard InChI is InChI=1S/C48H27N3OS/c1-2-13-31-30(12-1)44-41(42-35-16-5-8-19-38(35)53-46(31)42)33-14-3-6-17-36(33)51(44)48-45-43(34-15-4-7-18-37(34)52-45)49-47(50-48)32-25-23-28-21-20-26-10-9-11-27-22-24-29(32)40(28)39(26)27/h1-25,34,37H. The molecule has 0 amide bonds. The van der Waals surface area contributed by atoms with Crippen molar-refractivity contribution in [2.24, 2.45) is 0 Å². The van der Waals surface area contributed by atoms with Crippen LogP contribution in [0.4, 0.5) is 0 Å². The third-order valence-corrected chi connectivity index (χ3v) is 12.9. The summed E-state index contributed by atoms with van der Waals surface area (Å²) in [6, 6.07) is 46.4. The third-order valence-electron chi connectivity index (χ3n) is 11.7. The molecule has 246 valence electrons. The smallest absolute Gasteiger partial charge is 0.185 e. The molecule has 0 N–H and O–H groups in total. The van der Waals surface area contributed by atoms with Gasteiger partial charge >= 0.3 is 0 Å². The average molecular weight is 694 g/mol. The van der Waals surface area contributed by atoms with Crippen molar-refractivity contribution in [2.45, 2.75) is 12.0 Å². The number of aromatic nitrogens is 3. The fourth-order valence-electron chi connectivity index (χ4n) is 9.42. The number of thiophene rings is 1. The van der Waals surface area contributed by atoms with Gasteiger partial charge in [0.15, 0.2) is 17.4 Å². The normalized spacial score (nSPS) is 16.7. The molecule has 0 fully saturated rings. The average Bonchev–Trinajstić information content (AvgIpc) is 3.90. The largest absolute Gasteiger partial charge is 0.479 e. The van der Waals surface area contributed by atoms with Crippen molar-refractivity contribution in [3.63, 3.8) is 0 Å². The van der Waals surface area contributed by atoms with Gasteiger partial charge in [-0.05, 0) is 56.6 Å². The van der Waals surface area contributed by atoms with Crippen molar-refractivity contribution < 1.29 is 4.74 Å². The molecule has 2 aliphatic rings. The number of nitrogens with zero attached hydrogens (tertiary/aromatic N) is 3. The molecule has 11 aromatic rings. The highest BCUT2D eigenvalue weighted by Crippen LogP contribution is 2.51. The zero-order valence-electron chi connectivity index (χ0n) is 28.2. The third kappa shape index (κ3) is 3.59. The van der Waals surface area contributed by atoms with Gasteiger partial charge in [-0.1, -0.05) is 127 Å². The quantitative estimate of drug-likeness (QED) is 0.169. The maximum atomic E-state index is 6.91. The van der Waals surface area contributed by atoms with Gasteiger partial charge in [0.25, 0.3) is 0 Å². The molecule has 0 saturated carbocycles. The van der Waals surface area contributed by atoms with Gasteiger partial charge < -0.3 is 4.74 Å². The van der Waals surface area contributed by atoms with E-state index in [9.17, 15) is 0 Å². The Morgan fingerprint density at radius 2 is 1.26 bits per heavy atom. The first-order valence-corrected chi connectivity index (χ1v) is 19.0. The first kappa shape index (κ1) is 28.1. The number of benzene rings is 8. The van der Waals surface area contributed by atoms with Gasteiger partial charge in [-0.2, -0.15) is 0 Å². The maximum absolute atomic E-state index is 6.91. The lowest BCUT2D eigenvalue weighted by molar-refractivity contribution is 0.268. The Labute approximate surface area is 306 Å². The Balaban J connectivity index is 1.21. The molecule has 4 heterocycles. The molecule has 5 heteroatoms. The minimum Gasteiger partial charge on any atom is -0.479 e. The molecular formula is C48H27N3OS. The number of hydrogen-bond acceptors (Lipinski definition) is 4. The van der Waals surface area contributed by atoms with E-state index in [1.165, 1.54) is 68.6 Å². The van der Waals surface area contributed by atoms with Crippen LogP contribution in [-0.4, -0.2) is 20.6 Å². The number of allylic oxidation sites excluding steroid dienone is 2. The number of fused-ring (bicyclic) bond motifs is 13. The van der Waals surface area contributed by atoms with E-state index in [1.54, 1.807) is 0 Å². The monoisotopic (exact) mass is 693 g/mol. The molecule has 0 radical (unpaired) electrons. The summed E-state index contributed by atoms with van der Waals surface area (Å²) in [5.41, 5.74) is 4.20. The molecule has 0 spiro atoms. The van der Waals surface area contributed by atoms with E-state index in [-0.39, 0.29) is 12.0 Å². The summed E-state index contributed by atoms with van der Waals surface area (Å²) in [7, 11) is 0. The van der Waals surface area contributed by atoms with Crippen molar-refractivity contribution in [3.8, 4) is 23.0 Å². The van der Waals surface area contributed by atoms with Gasteiger partial charge in [0.05, 0.1) is 22.6 Å². The Bertz CT molecular complexity index is 3440. The lowest BCUT2D eigenvalue weighted by atomic mass is 9.91. The van der Waals surface area contributed by atoms with Gasteiger partial charge in [-0.25, -0.2) is 9.97 Å². The van der Waals surface area contributed by atoms with E-state index in [1.807, 2.05) is 11.3 Å². The molecule has 0 saturated heterocycles. The van der Waals surface area contributed by atoms with Gasteiger partial charge in [0.1, 0.15) is 6.10 Å².